The second-order valence-electron chi connectivity index (χ2n) is 5.62. The van der Waals surface area contributed by atoms with Crippen LogP contribution in [0.1, 0.15) is 36.0 Å². The maximum atomic E-state index is 12.1. The number of nitrogens with one attached hydrogen (secondary N) is 1. The van der Waals surface area contributed by atoms with Gasteiger partial charge in [0.1, 0.15) is 0 Å². The number of rotatable bonds is 4. The number of hydrogen-bond donors (Lipinski definition) is 2. The normalized spacial score (nSPS) is 14.9. The molecule has 3 nitrogen and oxygen atoms in total. The summed E-state index contributed by atoms with van der Waals surface area (Å²) in [6, 6.07) is 15.0. The van der Waals surface area contributed by atoms with Gasteiger partial charge in [0.05, 0.1) is 0 Å². The van der Waals surface area contributed by atoms with Gasteiger partial charge in [0, 0.05) is 27.1 Å². The first-order chi connectivity index (χ1) is 10.7. The number of benzene rings is 2. The summed E-state index contributed by atoms with van der Waals surface area (Å²) in [4.78, 5) is 13.4. The lowest BCUT2D eigenvalue weighted by Gasteiger charge is -2.10. The van der Waals surface area contributed by atoms with Crippen LogP contribution in [-0.4, -0.2) is 11.2 Å². The van der Waals surface area contributed by atoms with E-state index in [1.807, 2.05) is 23.9 Å². The molecular formula is C18H20N2OS. The van der Waals surface area contributed by atoms with E-state index in [-0.39, 0.29) is 5.91 Å². The molecule has 2 aromatic carbocycles. The lowest BCUT2D eigenvalue weighted by atomic mass is 10.2. The van der Waals surface area contributed by atoms with Gasteiger partial charge in [0.25, 0.3) is 5.91 Å². The highest BCUT2D eigenvalue weighted by Gasteiger charge is 2.16. The molecule has 0 aliphatic heterocycles. The fourth-order valence-corrected chi connectivity index (χ4v) is 3.90. The molecule has 2 aromatic rings. The maximum absolute atomic E-state index is 12.1. The Morgan fingerprint density at radius 1 is 1.00 bits per heavy atom. The Balaban J connectivity index is 1.60. The summed E-state index contributed by atoms with van der Waals surface area (Å²) in [5, 5.41) is 3.67. The molecular weight excluding hydrogens is 292 g/mol. The van der Waals surface area contributed by atoms with Crippen molar-refractivity contribution in [3.8, 4) is 0 Å². The highest BCUT2D eigenvalue weighted by atomic mass is 32.2. The van der Waals surface area contributed by atoms with E-state index in [1.165, 1.54) is 30.6 Å². The van der Waals surface area contributed by atoms with Crippen molar-refractivity contribution in [1.29, 1.82) is 0 Å². The number of carbonyl (C=O) groups excluding carboxylic acids is 1. The second-order valence-corrected chi connectivity index (χ2v) is 7.00. The molecule has 1 amide bonds. The molecule has 0 saturated heterocycles. The monoisotopic (exact) mass is 312 g/mol. The van der Waals surface area contributed by atoms with E-state index in [2.05, 4.69) is 17.4 Å². The molecule has 0 spiro atoms. The SMILES string of the molecule is Nc1ccc(C(=O)Nc2ccc(SC3CCCC3)cc2)cc1. The Bertz CT molecular complexity index is 631. The van der Waals surface area contributed by atoms with Crippen molar-refractivity contribution in [3.05, 3.63) is 54.1 Å². The lowest BCUT2D eigenvalue weighted by Crippen LogP contribution is -2.11. The number of anilines is 2. The third-order valence-electron chi connectivity index (χ3n) is 3.89. The average molecular weight is 312 g/mol. The number of carbonyl (C=O) groups is 1. The Morgan fingerprint density at radius 3 is 2.27 bits per heavy atom. The fourth-order valence-electron chi connectivity index (χ4n) is 2.65. The van der Waals surface area contributed by atoms with Crippen LogP contribution < -0.4 is 11.1 Å². The third-order valence-corrected chi connectivity index (χ3v) is 5.24. The summed E-state index contributed by atoms with van der Waals surface area (Å²) in [5.74, 6) is -0.115. The second kappa shape index (κ2) is 6.88. The molecule has 0 unspecified atom stereocenters. The first kappa shape index (κ1) is 15.0. The molecule has 3 N–H and O–H groups in total. The summed E-state index contributed by atoms with van der Waals surface area (Å²) in [6.45, 7) is 0. The van der Waals surface area contributed by atoms with Gasteiger partial charge in [-0.25, -0.2) is 0 Å². The summed E-state index contributed by atoms with van der Waals surface area (Å²) < 4.78 is 0. The summed E-state index contributed by atoms with van der Waals surface area (Å²) in [7, 11) is 0. The van der Waals surface area contributed by atoms with E-state index in [1.54, 1.807) is 24.3 Å². The minimum absolute atomic E-state index is 0.115. The Hall–Kier alpha value is -1.94. The van der Waals surface area contributed by atoms with Gasteiger partial charge in [-0.05, 0) is 61.4 Å². The third kappa shape index (κ3) is 3.83. The molecule has 1 saturated carbocycles. The van der Waals surface area contributed by atoms with Crippen molar-refractivity contribution < 1.29 is 4.79 Å². The number of nitrogen functional groups attached to an aromatic ring is 1. The van der Waals surface area contributed by atoms with Crippen LogP contribution in [0.25, 0.3) is 0 Å². The smallest absolute Gasteiger partial charge is 0.255 e. The fraction of sp³-hybridized carbons (Fsp3) is 0.278. The summed E-state index contributed by atoms with van der Waals surface area (Å²) >= 11 is 1.95. The van der Waals surface area contributed by atoms with Gasteiger partial charge in [-0.3, -0.25) is 4.79 Å². The topological polar surface area (TPSA) is 55.1 Å². The molecule has 1 aliphatic rings. The zero-order chi connectivity index (χ0) is 15.4. The Kier molecular flexibility index (Phi) is 4.68. The van der Waals surface area contributed by atoms with Crippen LogP contribution in [-0.2, 0) is 0 Å². The first-order valence-electron chi connectivity index (χ1n) is 7.64. The highest BCUT2D eigenvalue weighted by Crippen LogP contribution is 2.34. The van der Waals surface area contributed by atoms with E-state index in [0.29, 0.717) is 11.3 Å². The minimum Gasteiger partial charge on any atom is -0.399 e. The van der Waals surface area contributed by atoms with Crippen molar-refractivity contribution in [2.45, 2.75) is 35.8 Å². The number of hydrogen-bond acceptors (Lipinski definition) is 3. The van der Waals surface area contributed by atoms with E-state index in [9.17, 15) is 4.79 Å². The number of amides is 1. The number of nitrogens with two attached hydrogens (primary N) is 1. The molecule has 0 aromatic heterocycles. The molecule has 0 radical (unpaired) electrons. The largest absolute Gasteiger partial charge is 0.399 e. The van der Waals surface area contributed by atoms with E-state index < -0.39 is 0 Å². The van der Waals surface area contributed by atoms with Crippen molar-refractivity contribution in [2.24, 2.45) is 0 Å². The van der Waals surface area contributed by atoms with Gasteiger partial charge in [0.2, 0.25) is 0 Å². The van der Waals surface area contributed by atoms with Gasteiger partial charge in [-0.2, -0.15) is 0 Å². The standard InChI is InChI=1S/C18H20N2OS/c19-14-7-5-13(6-8-14)18(21)20-15-9-11-17(12-10-15)22-16-3-1-2-4-16/h5-12,16H,1-4,19H2,(H,20,21). The Morgan fingerprint density at radius 2 is 1.64 bits per heavy atom. The first-order valence-corrected chi connectivity index (χ1v) is 8.52. The van der Waals surface area contributed by atoms with Crippen molar-refractivity contribution in [3.63, 3.8) is 0 Å². The molecule has 0 atom stereocenters. The zero-order valence-corrected chi connectivity index (χ0v) is 13.2. The Labute approximate surface area is 135 Å². The molecule has 0 heterocycles. The van der Waals surface area contributed by atoms with Crippen LogP contribution in [0.2, 0.25) is 0 Å². The van der Waals surface area contributed by atoms with Crippen LogP contribution in [0.15, 0.2) is 53.4 Å². The van der Waals surface area contributed by atoms with E-state index >= 15 is 0 Å². The van der Waals surface area contributed by atoms with Crippen molar-refractivity contribution in [2.75, 3.05) is 11.1 Å². The maximum Gasteiger partial charge on any atom is 0.255 e. The highest BCUT2D eigenvalue weighted by molar-refractivity contribution is 8.00. The van der Waals surface area contributed by atoms with Crippen LogP contribution in [0.5, 0.6) is 0 Å². The van der Waals surface area contributed by atoms with Crippen molar-refractivity contribution >= 4 is 29.0 Å². The predicted molar refractivity (Wildman–Crippen MR) is 93.4 cm³/mol. The zero-order valence-electron chi connectivity index (χ0n) is 12.4. The predicted octanol–water partition coefficient (Wildman–Crippen LogP) is 4.56. The molecule has 3 rings (SSSR count). The van der Waals surface area contributed by atoms with Gasteiger partial charge < -0.3 is 11.1 Å². The van der Waals surface area contributed by atoms with Crippen LogP contribution in [0, 0.1) is 0 Å². The van der Waals surface area contributed by atoms with Gasteiger partial charge in [-0.15, -0.1) is 11.8 Å². The van der Waals surface area contributed by atoms with Gasteiger partial charge in [-0.1, -0.05) is 12.8 Å². The molecule has 1 aliphatic carbocycles. The molecule has 114 valence electrons. The quantitative estimate of drug-likeness (QED) is 0.814. The van der Waals surface area contributed by atoms with Crippen LogP contribution >= 0.6 is 11.8 Å². The van der Waals surface area contributed by atoms with Crippen LogP contribution in [0.4, 0.5) is 11.4 Å². The van der Waals surface area contributed by atoms with E-state index in [0.717, 1.165) is 10.9 Å². The minimum atomic E-state index is -0.115. The molecule has 22 heavy (non-hydrogen) atoms. The summed E-state index contributed by atoms with van der Waals surface area (Å²) in [5.41, 5.74) is 7.71. The molecule has 1 fully saturated rings. The average Bonchev–Trinajstić information content (AvgIpc) is 3.03. The van der Waals surface area contributed by atoms with Crippen LogP contribution in [0.3, 0.4) is 0 Å². The number of thioether (sulfide) groups is 1. The van der Waals surface area contributed by atoms with Crippen molar-refractivity contribution in [1.82, 2.24) is 0 Å². The van der Waals surface area contributed by atoms with Gasteiger partial charge in [0.15, 0.2) is 0 Å². The van der Waals surface area contributed by atoms with E-state index in [4.69, 9.17) is 5.73 Å². The molecule has 4 heteroatoms. The molecule has 0 bridgehead atoms. The summed E-state index contributed by atoms with van der Waals surface area (Å²) in [6.07, 6.45) is 5.35. The van der Waals surface area contributed by atoms with Gasteiger partial charge >= 0.3 is 0 Å². The lowest BCUT2D eigenvalue weighted by molar-refractivity contribution is 0.102.